The Balaban J connectivity index is 1.81. The predicted octanol–water partition coefficient (Wildman–Crippen LogP) is 3.54. The summed E-state index contributed by atoms with van der Waals surface area (Å²) in [5.41, 5.74) is 1.91. The lowest BCUT2D eigenvalue weighted by molar-refractivity contribution is 0.0939. The van der Waals surface area contributed by atoms with Gasteiger partial charge in [-0.05, 0) is 24.6 Å². The molecule has 0 spiro atoms. The molecule has 1 aliphatic heterocycles. The summed E-state index contributed by atoms with van der Waals surface area (Å²) in [5, 5.41) is 7.50. The number of sulfonamides is 1. The lowest BCUT2D eigenvalue weighted by Gasteiger charge is -2.14. The van der Waals surface area contributed by atoms with Gasteiger partial charge in [0.2, 0.25) is 5.03 Å². The number of aromatic nitrogens is 3. The van der Waals surface area contributed by atoms with Gasteiger partial charge in [-0.2, -0.15) is 5.10 Å². The van der Waals surface area contributed by atoms with Crippen LogP contribution in [0.25, 0.3) is 28.0 Å². The number of fused-ring (bicyclic) bond motifs is 1. The van der Waals surface area contributed by atoms with E-state index in [1.54, 1.807) is 48.5 Å². The van der Waals surface area contributed by atoms with Gasteiger partial charge in [-0.25, -0.2) is 30.6 Å². The topological polar surface area (TPSA) is 131 Å². The number of benzene rings is 2. The summed E-state index contributed by atoms with van der Waals surface area (Å²) in [7, 11) is -4.87. The monoisotopic (exact) mass is 607 g/mol. The fraction of sp³-hybridized carbons (Fsp3) is 0.240. The van der Waals surface area contributed by atoms with Crippen LogP contribution in [0.15, 0.2) is 59.8 Å². The van der Waals surface area contributed by atoms with E-state index in [9.17, 15) is 21.6 Å². The molecule has 0 unspecified atom stereocenters. The van der Waals surface area contributed by atoms with Gasteiger partial charge >= 0.3 is 0 Å². The molecule has 2 aromatic heterocycles. The van der Waals surface area contributed by atoms with E-state index in [0.717, 1.165) is 4.31 Å². The van der Waals surface area contributed by atoms with Crippen molar-refractivity contribution in [3.8, 4) is 22.4 Å². The van der Waals surface area contributed by atoms with Crippen molar-refractivity contribution >= 4 is 54.6 Å². The summed E-state index contributed by atoms with van der Waals surface area (Å²) >= 11 is 12.6. The van der Waals surface area contributed by atoms with Crippen molar-refractivity contribution in [3.05, 3.63) is 70.3 Å². The van der Waals surface area contributed by atoms with Gasteiger partial charge in [0, 0.05) is 53.1 Å². The molecule has 3 heterocycles. The van der Waals surface area contributed by atoms with Gasteiger partial charge in [-0.15, -0.1) is 0 Å². The molecule has 0 aliphatic carbocycles. The Hall–Kier alpha value is -3.03. The molecular weight excluding hydrogens is 585 g/mol. The van der Waals surface area contributed by atoms with E-state index in [0.29, 0.717) is 32.4 Å². The molecule has 1 aliphatic rings. The zero-order chi connectivity index (χ0) is 28.1. The van der Waals surface area contributed by atoms with Crippen LogP contribution < -0.4 is 5.32 Å². The summed E-state index contributed by atoms with van der Waals surface area (Å²) in [6.45, 7) is 0. The van der Waals surface area contributed by atoms with Crippen molar-refractivity contribution < 1.29 is 21.6 Å². The minimum absolute atomic E-state index is 0.0190. The van der Waals surface area contributed by atoms with E-state index in [2.05, 4.69) is 15.4 Å². The highest BCUT2D eigenvalue weighted by Crippen LogP contribution is 2.37. The highest BCUT2D eigenvalue weighted by atomic mass is 35.5. The molecule has 1 atom stereocenters. The zero-order valence-electron chi connectivity index (χ0n) is 20.8. The van der Waals surface area contributed by atoms with E-state index >= 15 is 0 Å². The summed E-state index contributed by atoms with van der Waals surface area (Å²) in [5.74, 6) is -1.07. The average molecular weight is 609 g/mol. The molecule has 1 fully saturated rings. The number of carbonyl (C=O) groups excluding carboxylic acids is 1. The molecule has 1 N–H and O–H groups in total. The van der Waals surface area contributed by atoms with E-state index < -0.39 is 36.8 Å². The SMILES string of the molecule is CN(C)S(=O)(=O)c1nn2c(-c3ccc(Cl)cc3)c(-c3ccccc3Cl)cnc2c1C(=O)N[C@@H]1CCS(=O)(=O)C1. The number of rotatable bonds is 6. The summed E-state index contributed by atoms with van der Waals surface area (Å²) in [6.07, 6.45) is 1.73. The first-order valence-electron chi connectivity index (χ1n) is 11.8. The maximum absolute atomic E-state index is 13.6. The quantitative estimate of drug-likeness (QED) is 0.354. The fourth-order valence-corrected chi connectivity index (χ4v) is 7.46. The van der Waals surface area contributed by atoms with Crippen molar-refractivity contribution in [2.75, 3.05) is 25.6 Å². The second kappa shape index (κ2) is 10.2. The molecule has 1 amide bonds. The van der Waals surface area contributed by atoms with Crippen LogP contribution in [0.3, 0.4) is 0 Å². The lowest BCUT2D eigenvalue weighted by Crippen LogP contribution is -2.36. The van der Waals surface area contributed by atoms with Crippen LogP contribution >= 0.6 is 23.2 Å². The maximum atomic E-state index is 13.6. The number of nitrogens with zero attached hydrogens (tertiary/aromatic N) is 4. The van der Waals surface area contributed by atoms with Crippen molar-refractivity contribution in [1.29, 1.82) is 0 Å². The number of nitrogens with one attached hydrogen (secondary N) is 1. The molecule has 0 bridgehead atoms. The Labute approximate surface area is 235 Å². The molecule has 39 heavy (non-hydrogen) atoms. The van der Waals surface area contributed by atoms with Crippen molar-refractivity contribution in [2.45, 2.75) is 17.5 Å². The number of hydrogen-bond acceptors (Lipinski definition) is 7. The van der Waals surface area contributed by atoms with Crippen molar-refractivity contribution in [3.63, 3.8) is 0 Å². The molecule has 1 saturated heterocycles. The van der Waals surface area contributed by atoms with Gasteiger partial charge < -0.3 is 5.32 Å². The maximum Gasteiger partial charge on any atom is 0.262 e. The smallest absolute Gasteiger partial charge is 0.262 e. The summed E-state index contributed by atoms with van der Waals surface area (Å²) in [4.78, 5) is 18.0. The third-order valence-electron chi connectivity index (χ3n) is 6.41. The van der Waals surface area contributed by atoms with Gasteiger partial charge in [0.15, 0.2) is 15.5 Å². The molecule has 14 heteroatoms. The minimum Gasteiger partial charge on any atom is -0.348 e. The van der Waals surface area contributed by atoms with Crippen LogP contribution in [0.5, 0.6) is 0 Å². The molecule has 5 rings (SSSR count). The molecule has 0 saturated carbocycles. The van der Waals surface area contributed by atoms with Crippen LogP contribution in [0.4, 0.5) is 0 Å². The van der Waals surface area contributed by atoms with Gasteiger partial charge in [0.25, 0.3) is 15.9 Å². The standard InChI is InChI=1S/C25H23Cl2N5O5S2/c1-31(2)39(36,37)25-21(24(33)29-17-11-12-38(34,35)14-17)23-28-13-19(18-5-3-4-6-20(18)27)22(32(23)30-25)15-7-9-16(26)10-8-15/h3-10,13,17H,11-12,14H2,1-2H3,(H,29,33)/t17-/m1/s1. The lowest BCUT2D eigenvalue weighted by atomic mass is 10.0. The van der Waals surface area contributed by atoms with Crippen molar-refractivity contribution in [2.24, 2.45) is 0 Å². The number of sulfone groups is 1. The molecule has 10 nitrogen and oxygen atoms in total. The van der Waals surface area contributed by atoms with E-state index in [-0.39, 0.29) is 29.1 Å². The van der Waals surface area contributed by atoms with Gasteiger partial charge in [-0.3, -0.25) is 4.79 Å². The first-order valence-corrected chi connectivity index (χ1v) is 15.8. The van der Waals surface area contributed by atoms with Crippen LogP contribution in [0.2, 0.25) is 10.0 Å². The fourth-order valence-electron chi connectivity index (χ4n) is 4.45. The Kier molecular flexibility index (Phi) is 7.18. The summed E-state index contributed by atoms with van der Waals surface area (Å²) in [6, 6.07) is 13.3. The van der Waals surface area contributed by atoms with Gasteiger partial charge in [0.1, 0.15) is 5.56 Å². The Morgan fingerprint density at radius 1 is 1.08 bits per heavy atom. The molecular formula is C25H23Cl2N5O5S2. The zero-order valence-corrected chi connectivity index (χ0v) is 23.9. The Bertz CT molecular complexity index is 1820. The van der Waals surface area contributed by atoms with Gasteiger partial charge in [-0.1, -0.05) is 53.5 Å². The van der Waals surface area contributed by atoms with Crippen LogP contribution in [0, 0.1) is 0 Å². The van der Waals surface area contributed by atoms with Crippen LogP contribution in [-0.4, -0.2) is 73.3 Å². The second-order valence-corrected chi connectivity index (χ2v) is 14.4. The highest BCUT2D eigenvalue weighted by Gasteiger charge is 2.36. The summed E-state index contributed by atoms with van der Waals surface area (Å²) < 4.78 is 52.9. The van der Waals surface area contributed by atoms with Crippen LogP contribution in [-0.2, 0) is 19.9 Å². The first kappa shape index (κ1) is 27.5. The van der Waals surface area contributed by atoms with Crippen molar-refractivity contribution in [1.82, 2.24) is 24.2 Å². The number of halogens is 2. The van der Waals surface area contributed by atoms with Gasteiger partial charge in [0.05, 0.1) is 17.2 Å². The molecule has 4 aromatic rings. The van der Waals surface area contributed by atoms with Crippen LogP contribution in [0.1, 0.15) is 16.8 Å². The second-order valence-electron chi connectivity index (χ2n) is 9.28. The Morgan fingerprint density at radius 2 is 1.77 bits per heavy atom. The molecule has 204 valence electrons. The van der Waals surface area contributed by atoms with E-state index in [4.69, 9.17) is 23.2 Å². The third kappa shape index (κ3) is 5.14. The Morgan fingerprint density at radius 3 is 2.38 bits per heavy atom. The first-order chi connectivity index (χ1) is 18.4. The average Bonchev–Trinajstić information content (AvgIpc) is 3.44. The largest absolute Gasteiger partial charge is 0.348 e. The number of hydrogen-bond donors (Lipinski definition) is 1. The minimum atomic E-state index is -4.23. The number of carbonyl (C=O) groups is 1. The van der Waals surface area contributed by atoms with E-state index in [1.165, 1.54) is 24.8 Å². The predicted molar refractivity (Wildman–Crippen MR) is 149 cm³/mol. The number of amides is 1. The molecule has 0 radical (unpaired) electrons. The molecule has 2 aromatic carbocycles. The normalized spacial score (nSPS) is 17.1. The third-order valence-corrected chi connectivity index (χ3v) is 10.5. The highest BCUT2D eigenvalue weighted by molar-refractivity contribution is 7.91. The van der Waals surface area contributed by atoms with E-state index in [1.807, 2.05) is 0 Å².